The maximum Gasteiger partial charge on any atom is 0.147 e. The van der Waals surface area contributed by atoms with Crippen molar-refractivity contribution < 1.29 is 0 Å². The van der Waals surface area contributed by atoms with Crippen molar-refractivity contribution in [3.05, 3.63) is 0 Å². The molecule has 0 aromatic rings. The van der Waals surface area contributed by atoms with Gasteiger partial charge in [-0.15, -0.1) is 0 Å². The van der Waals surface area contributed by atoms with Crippen LogP contribution in [0.2, 0.25) is 0 Å². The fourth-order valence-corrected chi connectivity index (χ4v) is 2.63. The van der Waals surface area contributed by atoms with Crippen LogP contribution in [0.25, 0.3) is 0 Å². The number of halogens is 1. The largest absolute Gasteiger partial charge is 0.284 e. The Balaban J connectivity index is 1.83. The highest BCUT2D eigenvalue weighted by Gasteiger charge is 2.27. The molecule has 1 aliphatic heterocycles. The van der Waals surface area contributed by atoms with Crippen molar-refractivity contribution in [3.63, 3.8) is 0 Å². The van der Waals surface area contributed by atoms with E-state index >= 15 is 0 Å². The van der Waals surface area contributed by atoms with Crippen LogP contribution in [0.5, 0.6) is 0 Å². The standard InChI is InChI=1S/C9H18ClN3/c10-9-12-8(6-11-13-9)7-4-2-1-3-5-7/h7-9,11-13H,1-6H2. The number of rotatable bonds is 1. The Labute approximate surface area is 84.6 Å². The zero-order valence-electron chi connectivity index (χ0n) is 7.85. The Morgan fingerprint density at radius 2 is 1.85 bits per heavy atom. The monoisotopic (exact) mass is 203 g/mol. The zero-order valence-corrected chi connectivity index (χ0v) is 8.61. The fourth-order valence-electron chi connectivity index (χ4n) is 2.39. The maximum atomic E-state index is 5.95. The van der Waals surface area contributed by atoms with E-state index in [1.165, 1.54) is 32.1 Å². The van der Waals surface area contributed by atoms with Gasteiger partial charge in [-0.1, -0.05) is 30.9 Å². The first-order valence-corrected chi connectivity index (χ1v) is 5.68. The lowest BCUT2D eigenvalue weighted by Gasteiger charge is -2.36. The minimum Gasteiger partial charge on any atom is -0.284 e. The summed E-state index contributed by atoms with van der Waals surface area (Å²) >= 11 is 5.95. The van der Waals surface area contributed by atoms with Gasteiger partial charge < -0.3 is 0 Å². The second-order valence-corrected chi connectivity index (χ2v) is 4.50. The van der Waals surface area contributed by atoms with E-state index in [1.54, 1.807) is 0 Å². The third kappa shape index (κ3) is 2.56. The molecule has 2 unspecified atom stereocenters. The zero-order chi connectivity index (χ0) is 9.10. The summed E-state index contributed by atoms with van der Waals surface area (Å²) in [6.07, 6.45) is 6.93. The van der Waals surface area contributed by atoms with Gasteiger partial charge in [0.2, 0.25) is 0 Å². The van der Waals surface area contributed by atoms with Crippen LogP contribution < -0.4 is 16.2 Å². The third-order valence-corrected chi connectivity index (χ3v) is 3.37. The molecule has 0 amide bonds. The van der Waals surface area contributed by atoms with Crippen LogP contribution in [0.4, 0.5) is 0 Å². The molecule has 0 spiro atoms. The van der Waals surface area contributed by atoms with Gasteiger partial charge in [0.05, 0.1) is 0 Å². The summed E-state index contributed by atoms with van der Waals surface area (Å²) in [5.74, 6) is 0.824. The Morgan fingerprint density at radius 1 is 1.08 bits per heavy atom. The van der Waals surface area contributed by atoms with E-state index in [9.17, 15) is 0 Å². The molecule has 4 heteroatoms. The summed E-state index contributed by atoms with van der Waals surface area (Å²) in [4.78, 5) is 0. The molecule has 13 heavy (non-hydrogen) atoms. The van der Waals surface area contributed by atoms with Gasteiger partial charge >= 0.3 is 0 Å². The van der Waals surface area contributed by atoms with Crippen LogP contribution in [0.1, 0.15) is 32.1 Å². The van der Waals surface area contributed by atoms with Crippen LogP contribution in [0.15, 0.2) is 0 Å². The molecule has 1 aliphatic carbocycles. The summed E-state index contributed by atoms with van der Waals surface area (Å²) in [6, 6.07) is 0.559. The lowest BCUT2D eigenvalue weighted by Crippen LogP contribution is -2.62. The quantitative estimate of drug-likeness (QED) is 0.442. The summed E-state index contributed by atoms with van der Waals surface area (Å²) in [6.45, 7) is 0.994. The molecule has 0 aromatic carbocycles. The molecular weight excluding hydrogens is 186 g/mol. The van der Waals surface area contributed by atoms with Crippen LogP contribution in [0.3, 0.4) is 0 Å². The predicted octanol–water partition coefficient (Wildman–Crippen LogP) is 1.16. The van der Waals surface area contributed by atoms with E-state index in [0.717, 1.165) is 12.5 Å². The normalized spacial score (nSPS) is 37.6. The van der Waals surface area contributed by atoms with Crippen molar-refractivity contribution in [2.24, 2.45) is 5.92 Å². The van der Waals surface area contributed by atoms with Crippen LogP contribution in [-0.2, 0) is 0 Å². The summed E-state index contributed by atoms with van der Waals surface area (Å²) < 4.78 is 0. The number of nitrogens with one attached hydrogen (secondary N) is 3. The summed E-state index contributed by atoms with van der Waals surface area (Å²) in [7, 11) is 0. The predicted molar refractivity (Wildman–Crippen MR) is 54.3 cm³/mol. The summed E-state index contributed by atoms with van der Waals surface area (Å²) in [5, 5.41) is 3.38. The number of alkyl halides is 1. The van der Waals surface area contributed by atoms with Crippen LogP contribution in [0, 0.1) is 5.92 Å². The van der Waals surface area contributed by atoms with E-state index in [0.29, 0.717) is 6.04 Å². The molecule has 3 nitrogen and oxygen atoms in total. The van der Waals surface area contributed by atoms with Gasteiger partial charge in [-0.25, -0.2) is 5.43 Å². The molecular formula is C9H18ClN3. The average molecular weight is 204 g/mol. The first-order valence-electron chi connectivity index (χ1n) is 5.25. The molecule has 2 atom stereocenters. The second kappa shape index (κ2) is 4.60. The Morgan fingerprint density at radius 3 is 2.54 bits per heavy atom. The lowest BCUT2D eigenvalue weighted by atomic mass is 9.84. The van der Waals surface area contributed by atoms with E-state index in [-0.39, 0.29) is 5.62 Å². The van der Waals surface area contributed by atoms with Crippen molar-refractivity contribution in [2.75, 3.05) is 6.54 Å². The van der Waals surface area contributed by atoms with Crippen molar-refractivity contribution in [1.82, 2.24) is 16.2 Å². The Hall–Kier alpha value is 0.170. The maximum absolute atomic E-state index is 5.95. The van der Waals surface area contributed by atoms with Crippen LogP contribution >= 0.6 is 11.6 Å². The van der Waals surface area contributed by atoms with Gasteiger partial charge in [-0.2, -0.15) is 0 Å². The van der Waals surface area contributed by atoms with Gasteiger partial charge in [-0.05, 0) is 18.8 Å². The minimum absolute atomic E-state index is 0.110. The Bertz CT molecular complexity index is 159. The first-order chi connectivity index (χ1) is 6.36. The van der Waals surface area contributed by atoms with E-state index in [4.69, 9.17) is 11.6 Å². The average Bonchev–Trinajstić information content (AvgIpc) is 2.19. The van der Waals surface area contributed by atoms with Gasteiger partial charge in [0.25, 0.3) is 0 Å². The van der Waals surface area contributed by atoms with Gasteiger partial charge in [0.1, 0.15) is 5.62 Å². The van der Waals surface area contributed by atoms with Gasteiger partial charge in [0, 0.05) is 12.6 Å². The molecule has 1 saturated carbocycles. The molecule has 2 rings (SSSR count). The molecule has 1 heterocycles. The van der Waals surface area contributed by atoms with Crippen LogP contribution in [-0.4, -0.2) is 18.2 Å². The molecule has 1 saturated heterocycles. The topological polar surface area (TPSA) is 36.1 Å². The molecule has 0 radical (unpaired) electrons. The van der Waals surface area contributed by atoms with E-state index in [1.807, 2.05) is 0 Å². The SMILES string of the molecule is ClC1NNCC(C2CCCCC2)N1. The molecule has 76 valence electrons. The highest BCUT2D eigenvalue weighted by Crippen LogP contribution is 2.26. The molecule has 2 fully saturated rings. The smallest absolute Gasteiger partial charge is 0.147 e. The summed E-state index contributed by atoms with van der Waals surface area (Å²) in [5.41, 5.74) is 5.98. The molecule has 2 aliphatic rings. The number of hydrogen-bond donors (Lipinski definition) is 3. The third-order valence-electron chi connectivity index (χ3n) is 3.13. The van der Waals surface area contributed by atoms with E-state index in [2.05, 4.69) is 16.2 Å². The van der Waals surface area contributed by atoms with Crippen molar-refractivity contribution >= 4 is 11.6 Å². The minimum atomic E-state index is -0.110. The van der Waals surface area contributed by atoms with Crippen molar-refractivity contribution in [2.45, 2.75) is 43.8 Å². The molecule has 0 bridgehead atoms. The lowest BCUT2D eigenvalue weighted by molar-refractivity contribution is 0.209. The first kappa shape index (κ1) is 9.71. The number of hydrogen-bond acceptors (Lipinski definition) is 3. The number of hydrazine groups is 1. The van der Waals surface area contributed by atoms with Gasteiger partial charge in [-0.3, -0.25) is 10.7 Å². The van der Waals surface area contributed by atoms with Crippen molar-refractivity contribution in [3.8, 4) is 0 Å². The van der Waals surface area contributed by atoms with Gasteiger partial charge in [0.15, 0.2) is 0 Å². The van der Waals surface area contributed by atoms with E-state index < -0.39 is 0 Å². The molecule has 0 aromatic heterocycles. The molecule has 3 N–H and O–H groups in total. The highest BCUT2D eigenvalue weighted by molar-refractivity contribution is 6.20. The Kier molecular flexibility index (Phi) is 3.44. The highest BCUT2D eigenvalue weighted by atomic mass is 35.5. The fraction of sp³-hybridized carbons (Fsp3) is 1.00. The van der Waals surface area contributed by atoms with Crippen molar-refractivity contribution in [1.29, 1.82) is 0 Å². The second-order valence-electron chi connectivity index (χ2n) is 4.06.